The Morgan fingerprint density at radius 1 is 1.36 bits per heavy atom. The fraction of sp³-hybridized carbons (Fsp3) is 0.556. The Labute approximate surface area is 147 Å². The predicted octanol–water partition coefficient (Wildman–Crippen LogP) is 4.23. The maximum absolute atomic E-state index is 13.8. The van der Waals surface area contributed by atoms with E-state index in [2.05, 4.69) is 5.32 Å². The van der Waals surface area contributed by atoms with E-state index >= 15 is 0 Å². The molecule has 2 amide bonds. The number of amides is 2. The van der Waals surface area contributed by atoms with Crippen molar-refractivity contribution in [3.8, 4) is 0 Å². The molecule has 1 aliphatic heterocycles. The standard InChI is InChI=1S/C18H25FN2O4/c1-5-18(6-2)13-8-7-12(19)11-14(13)21(16(24)25-18)10-9-17(3,4)20-15(22)23/h7-8,11,20H,5-6,9-10H2,1-4H3,(H,22,23). The van der Waals surface area contributed by atoms with Gasteiger partial charge in [0.2, 0.25) is 0 Å². The predicted molar refractivity (Wildman–Crippen MR) is 92.3 cm³/mol. The molecular weight excluding hydrogens is 327 g/mol. The van der Waals surface area contributed by atoms with Crippen LogP contribution < -0.4 is 10.2 Å². The van der Waals surface area contributed by atoms with Crippen LogP contribution in [0.15, 0.2) is 18.2 Å². The Hall–Kier alpha value is -2.31. The fourth-order valence-corrected chi connectivity index (χ4v) is 3.22. The lowest BCUT2D eigenvalue weighted by atomic mass is 9.85. The molecule has 0 fully saturated rings. The number of nitrogens with zero attached hydrogens (tertiary/aromatic N) is 1. The molecule has 0 saturated heterocycles. The van der Waals surface area contributed by atoms with E-state index in [-0.39, 0.29) is 6.54 Å². The van der Waals surface area contributed by atoms with Crippen LogP contribution in [0.25, 0.3) is 0 Å². The first kappa shape index (κ1) is 19.0. The van der Waals surface area contributed by atoms with Crippen LogP contribution in [-0.2, 0) is 10.3 Å². The van der Waals surface area contributed by atoms with Gasteiger partial charge in [-0.15, -0.1) is 0 Å². The zero-order valence-corrected chi connectivity index (χ0v) is 15.1. The van der Waals surface area contributed by atoms with E-state index in [1.165, 1.54) is 17.0 Å². The Morgan fingerprint density at radius 2 is 2.00 bits per heavy atom. The number of ether oxygens (including phenoxy) is 1. The van der Waals surface area contributed by atoms with Gasteiger partial charge in [0.15, 0.2) is 0 Å². The first-order valence-electron chi connectivity index (χ1n) is 8.46. The van der Waals surface area contributed by atoms with Gasteiger partial charge in [-0.1, -0.05) is 19.9 Å². The maximum Gasteiger partial charge on any atom is 0.415 e. The van der Waals surface area contributed by atoms with Crippen molar-refractivity contribution in [3.63, 3.8) is 0 Å². The van der Waals surface area contributed by atoms with E-state index in [1.807, 2.05) is 13.8 Å². The van der Waals surface area contributed by atoms with Gasteiger partial charge in [0, 0.05) is 17.6 Å². The van der Waals surface area contributed by atoms with Gasteiger partial charge in [-0.05, 0) is 45.2 Å². The molecule has 0 aliphatic carbocycles. The third-order valence-electron chi connectivity index (χ3n) is 4.79. The molecule has 0 bridgehead atoms. The van der Waals surface area contributed by atoms with Gasteiger partial charge in [0.1, 0.15) is 11.4 Å². The normalized spacial score (nSPS) is 16.2. The molecule has 1 heterocycles. The SMILES string of the molecule is CCC1(CC)OC(=O)N(CCC(C)(C)NC(=O)O)c2cc(F)ccc21. The summed E-state index contributed by atoms with van der Waals surface area (Å²) in [7, 11) is 0. The Bertz CT molecular complexity index is 671. The molecule has 138 valence electrons. The van der Waals surface area contributed by atoms with Crippen molar-refractivity contribution in [2.75, 3.05) is 11.4 Å². The van der Waals surface area contributed by atoms with E-state index < -0.39 is 29.1 Å². The highest BCUT2D eigenvalue weighted by Crippen LogP contribution is 2.44. The average Bonchev–Trinajstić information content (AvgIpc) is 2.51. The summed E-state index contributed by atoms with van der Waals surface area (Å²) in [6.45, 7) is 7.53. The van der Waals surface area contributed by atoms with E-state index in [0.29, 0.717) is 24.9 Å². The smallest absolute Gasteiger partial charge is 0.415 e. The highest BCUT2D eigenvalue weighted by Gasteiger charge is 2.43. The maximum atomic E-state index is 13.8. The molecular formula is C18H25FN2O4. The van der Waals surface area contributed by atoms with Crippen LogP contribution in [0.2, 0.25) is 0 Å². The molecule has 0 unspecified atom stereocenters. The van der Waals surface area contributed by atoms with Crippen LogP contribution in [0.5, 0.6) is 0 Å². The summed E-state index contributed by atoms with van der Waals surface area (Å²) in [5, 5.41) is 11.3. The van der Waals surface area contributed by atoms with Crippen LogP contribution in [0, 0.1) is 5.82 Å². The second kappa shape index (κ2) is 6.90. The number of rotatable bonds is 6. The molecule has 2 N–H and O–H groups in total. The number of fused-ring (bicyclic) bond motifs is 1. The summed E-state index contributed by atoms with van der Waals surface area (Å²) >= 11 is 0. The number of cyclic esters (lactones) is 1. The van der Waals surface area contributed by atoms with Crippen LogP contribution in [0.4, 0.5) is 19.7 Å². The number of hydrogen-bond donors (Lipinski definition) is 2. The van der Waals surface area contributed by atoms with Crippen LogP contribution >= 0.6 is 0 Å². The van der Waals surface area contributed by atoms with Crippen molar-refractivity contribution in [2.24, 2.45) is 0 Å². The molecule has 25 heavy (non-hydrogen) atoms. The zero-order chi connectivity index (χ0) is 18.8. The number of carboxylic acid groups (broad SMARTS) is 1. The van der Waals surface area contributed by atoms with Crippen LogP contribution in [-0.4, -0.2) is 29.4 Å². The lowest BCUT2D eigenvalue weighted by molar-refractivity contribution is -0.00136. The summed E-state index contributed by atoms with van der Waals surface area (Å²) in [6, 6.07) is 4.37. The second-order valence-electron chi connectivity index (χ2n) is 6.95. The Morgan fingerprint density at radius 3 is 2.56 bits per heavy atom. The first-order chi connectivity index (χ1) is 11.6. The lowest BCUT2D eigenvalue weighted by Gasteiger charge is -2.42. The molecule has 7 heteroatoms. The number of nitrogens with one attached hydrogen (secondary N) is 1. The van der Waals surface area contributed by atoms with Gasteiger partial charge in [0.25, 0.3) is 0 Å². The largest absolute Gasteiger partial charge is 0.465 e. The third kappa shape index (κ3) is 3.86. The number of anilines is 1. The Balaban J connectivity index is 2.35. The summed E-state index contributed by atoms with van der Waals surface area (Å²) in [5.74, 6) is -0.428. The number of benzene rings is 1. The molecule has 2 rings (SSSR count). The van der Waals surface area contributed by atoms with Crippen molar-refractivity contribution in [2.45, 2.75) is 58.1 Å². The number of carbonyl (C=O) groups excluding carboxylic acids is 1. The van der Waals surface area contributed by atoms with Gasteiger partial charge >= 0.3 is 12.2 Å². The fourth-order valence-electron chi connectivity index (χ4n) is 3.22. The second-order valence-corrected chi connectivity index (χ2v) is 6.95. The summed E-state index contributed by atoms with van der Waals surface area (Å²) in [6.07, 6.45) is -0.126. The zero-order valence-electron chi connectivity index (χ0n) is 15.1. The minimum absolute atomic E-state index is 0.214. The van der Waals surface area contributed by atoms with Gasteiger partial charge in [-0.2, -0.15) is 0 Å². The number of halogens is 1. The number of carbonyl (C=O) groups is 2. The Kier molecular flexibility index (Phi) is 5.25. The molecule has 0 aromatic heterocycles. The van der Waals surface area contributed by atoms with E-state index in [9.17, 15) is 14.0 Å². The van der Waals surface area contributed by atoms with Crippen molar-refractivity contribution >= 4 is 17.9 Å². The molecule has 1 aliphatic rings. The molecule has 1 aromatic carbocycles. The minimum atomic E-state index is -1.13. The van der Waals surface area contributed by atoms with Gasteiger partial charge in [0.05, 0.1) is 5.69 Å². The van der Waals surface area contributed by atoms with Crippen molar-refractivity contribution in [1.29, 1.82) is 0 Å². The van der Waals surface area contributed by atoms with Gasteiger partial charge in [-0.3, -0.25) is 4.90 Å². The van der Waals surface area contributed by atoms with Gasteiger partial charge in [-0.25, -0.2) is 14.0 Å². The number of hydrogen-bond acceptors (Lipinski definition) is 3. The van der Waals surface area contributed by atoms with Crippen LogP contribution in [0.3, 0.4) is 0 Å². The molecule has 6 nitrogen and oxygen atoms in total. The quantitative estimate of drug-likeness (QED) is 0.803. The summed E-state index contributed by atoms with van der Waals surface area (Å²) < 4.78 is 19.6. The van der Waals surface area contributed by atoms with Crippen LogP contribution in [0.1, 0.15) is 52.5 Å². The third-order valence-corrected chi connectivity index (χ3v) is 4.79. The van der Waals surface area contributed by atoms with Crippen molar-refractivity contribution < 1.29 is 23.8 Å². The molecule has 1 aromatic rings. The monoisotopic (exact) mass is 352 g/mol. The molecule has 0 spiro atoms. The molecule has 0 radical (unpaired) electrons. The highest BCUT2D eigenvalue weighted by atomic mass is 19.1. The molecule has 0 atom stereocenters. The summed E-state index contributed by atoms with van der Waals surface area (Å²) in [5.41, 5.74) is -0.219. The molecule has 0 saturated carbocycles. The average molecular weight is 352 g/mol. The minimum Gasteiger partial charge on any atom is -0.465 e. The highest BCUT2D eigenvalue weighted by molar-refractivity contribution is 5.91. The van der Waals surface area contributed by atoms with Crippen molar-refractivity contribution in [3.05, 3.63) is 29.6 Å². The van der Waals surface area contributed by atoms with E-state index in [0.717, 1.165) is 5.56 Å². The lowest BCUT2D eigenvalue weighted by Crippen LogP contribution is -2.49. The van der Waals surface area contributed by atoms with E-state index in [1.54, 1.807) is 19.9 Å². The topological polar surface area (TPSA) is 78.9 Å². The van der Waals surface area contributed by atoms with Crippen molar-refractivity contribution in [1.82, 2.24) is 5.32 Å². The first-order valence-corrected chi connectivity index (χ1v) is 8.46. The van der Waals surface area contributed by atoms with E-state index in [4.69, 9.17) is 9.84 Å². The summed E-state index contributed by atoms with van der Waals surface area (Å²) in [4.78, 5) is 24.8. The van der Waals surface area contributed by atoms with Gasteiger partial charge < -0.3 is 15.2 Å².